The molecule has 0 radical (unpaired) electrons. The van der Waals surface area contributed by atoms with E-state index in [0.717, 1.165) is 51.4 Å². The van der Waals surface area contributed by atoms with Crippen molar-refractivity contribution in [2.75, 3.05) is 0 Å². The molecule has 2 rings (SSSR count). The Kier molecular flexibility index (Phi) is 19.7. The van der Waals surface area contributed by atoms with E-state index in [-0.39, 0.29) is 0 Å². The Morgan fingerprint density at radius 1 is 0.941 bits per heavy atom. The molecule has 0 aromatic carbocycles. The van der Waals surface area contributed by atoms with Gasteiger partial charge in [0, 0.05) is 0 Å². The number of hydrogen-bond donors (Lipinski definition) is 0. The van der Waals surface area contributed by atoms with Gasteiger partial charge in [0.15, 0.2) is 0 Å². The van der Waals surface area contributed by atoms with E-state index in [0.29, 0.717) is 23.7 Å². The lowest BCUT2D eigenvalue weighted by atomic mass is 9.77. The highest BCUT2D eigenvalue weighted by atomic mass is 14.3. The second-order valence-electron chi connectivity index (χ2n) is 14.6. The summed E-state index contributed by atoms with van der Waals surface area (Å²) in [7, 11) is 0. The predicted molar refractivity (Wildman–Crippen MR) is 232 cm³/mol. The molecular formula is C51H72. The molecule has 0 fully saturated rings. The molecule has 4 atom stereocenters. The summed E-state index contributed by atoms with van der Waals surface area (Å²) in [4.78, 5) is 0. The van der Waals surface area contributed by atoms with E-state index in [1.54, 1.807) is 5.57 Å². The van der Waals surface area contributed by atoms with E-state index < -0.39 is 0 Å². The van der Waals surface area contributed by atoms with Gasteiger partial charge in [-0.1, -0.05) is 151 Å². The molecule has 0 aliphatic heterocycles. The van der Waals surface area contributed by atoms with E-state index >= 15 is 0 Å². The fourth-order valence-corrected chi connectivity index (χ4v) is 7.63. The molecule has 0 nitrogen and oxygen atoms in total. The van der Waals surface area contributed by atoms with Crippen LogP contribution in [-0.4, -0.2) is 0 Å². The van der Waals surface area contributed by atoms with Crippen LogP contribution in [-0.2, 0) is 0 Å². The van der Waals surface area contributed by atoms with Crippen molar-refractivity contribution in [1.82, 2.24) is 0 Å². The number of allylic oxidation sites excluding steroid dienone is 24. The third-order valence-corrected chi connectivity index (χ3v) is 11.3. The van der Waals surface area contributed by atoms with E-state index in [2.05, 4.69) is 155 Å². The quantitative estimate of drug-likeness (QED) is 0.0884. The van der Waals surface area contributed by atoms with Crippen LogP contribution in [0, 0.1) is 23.7 Å². The largest absolute Gasteiger partial charge is 0.0988 e. The lowest BCUT2D eigenvalue weighted by molar-refractivity contribution is 0.373. The zero-order valence-electron chi connectivity index (χ0n) is 34.2. The maximum atomic E-state index is 4.49. The molecule has 276 valence electrons. The van der Waals surface area contributed by atoms with E-state index in [4.69, 9.17) is 0 Å². The van der Waals surface area contributed by atoms with Crippen LogP contribution >= 0.6 is 0 Å². The minimum absolute atomic E-state index is 0.294. The molecule has 0 heteroatoms. The van der Waals surface area contributed by atoms with Crippen LogP contribution < -0.4 is 0 Å². The van der Waals surface area contributed by atoms with Gasteiger partial charge >= 0.3 is 0 Å². The second kappa shape index (κ2) is 23.0. The average Bonchev–Trinajstić information content (AvgIpc) is 3.58. The highest BCUT2D eigenvalue weighted by molar-refractivity contribution is 5.57. The Morgan fingerprint density at radius 2 is 1.67 bits per heavy atom. The molecule has 0 bridgehead atoms. The molecule has 51 heavy (non-hydrogen) atoms. The maximum Gasteiger partial charge on any atom is -0.00132 e. The van der Waals surface area contributed by atoms with Gasteiger partial charge in [-0.2, -0.15) is 0 Å². The fraction of sp³-hybridized carbons (Fsp3) is 0.451. The predicted octanol–water partition coefficient (Wildman–Crippen LogP) is 15.9. The maximum absolute atomic E-state index is 4.49. The molecule has 0 amide bonds. The normalized spacial score (nSPS) is 21.3. The summed E-state index contributed by atoms with van der Waals surface area (Å²) < 4.78 is 0. The van der Waals surface area contributed by atoms with Gasteiger partial charge < -0.3 is 0 Å². The van der Waals surface area contributed by atoms with E-state index in [9.17, 15) is 0 Å². The molecular weight excluding hydrogens is 613 g/mol. The zero-order chi connectivity index (χ0) is 37.9. The molecule has 0 aromatic heterocycles. The van der Waals surface area contributed by atoms with Gasteiger partial charge in [0.25, 0.3) is 0 Å². The zero-order valence-corrected chi connectivity index (χ0v) is 34.2. The molecule has 0 aromatic rings. The first-order valence-electron chi connectivity index (χ1n) is 20.0. The van der Waals surface area contributed by atoms with Crippen LogP contribution in [0.5, 0.6) is 0 Å². The summed E-state index contributed by atoms with van der Waals surface area (Å²) in [6.45, 7) is 37.4. The average molecular weight is 685 g/mol. The molecule has 4 unspecified atom stereocenters. The van der Waals surface area contributed by atoms with Crippen molar-refractivity contribution >= 4 is 0 Å². The molecule has 0 heterocycles. The SMILES string of the molecule is C=C/C(CC1C=CC(C(/C=C\C(=C)C(C)/C=C\C(=C/CC)CC/C=C(C(C)=C(CC)CC)\C(C)=C/C)CC)CC1)=C(C=C)/C(C)=C1/C=CCC1=C. The Hall–Kier alpha value is -3.64. The van der Waals surface area contributed by atoms with Crippen molar-refractivity contribution in [1.29, 1.82) is 0 Å². The van der Waals surface area contributed by atoms with Gasteiger partial charge in [-0.25, -0.2) is 0 Å². The smallest absolute Gasteiger partial charge is 0.00132 e. The number of hydrogen-bond acceptors (Lipinski definition) is 0. The van der Waals surface area contributed by atoms with E-state index in [1.807, 2.05) is 12.2 Å². The van der Waals surface area contributed by atoms with Gasteiger partial charge in [-0.3, -0.25) is 0 Å². The summed E-state index contributed by atoms with van der Waals surface area (Å²) in [6, 6.07) is 0. The van der Waals surface area contributed by atoms with Gasteiger partial charge in [0.2, 0.25) is 0 Å². The Balaban J connectivity index is 2.08. The molecule has 0 N–H and O–H groups in total. The molecule has 0 saturated heterocycles. The van der Waals surface area contributed by atoms with Crippen LogP contribution in [0.1, 0.15) is 127 Å². The minimum atomic E-state index is 0.294. The standard InChI is InChI=1S/C51H72/c1-14-23-43(25-22-27-50(37(8)15-2)41(12)45(16-3)17-4)30-28-38(9)39(10)29-33-46(18-5)48-34-31-44(32-35-48)36-47(19-6)49(20-7)42(13)51-26-21-24-40(51)11/h15,19-21,23,26-31,33-34,38,44,46,48H,6-7,10-11,14,16-18,22,24-25,32,35-36H2,1-5,8-9,12-13H3/b30-28-,33-29-,37-15-,43-23-,49-47-,50-27+,51-42-. The first-order valence-corrected chi connectivity index (χ1v) is 20.0. The Labute approximate surface area is 315 Å². The van der Waals surface area contributed by atoms with Gasteiger partial charge in [0.1, 0.15) is 0 Å². The summed E-state index contributed by atoms with van der Waals surface area (Å²) in [6.07, 6.45) is 40.8. The fourth-order valence-electron chi connectivity index (χ4n) is 7.63. The Morgan fingerprint density at radius 3 is 2.20 bits per heavy atom. The highest BCUT2D eigenvalue weighted by Gasteiger charge is 2.22. The monoisotopic (exact) mass is 685 g/mol. The lowest BCUT2D eigenvalue weighted by Crippen LogP contribution is -2.16. The third-order valence-electron chi connectivity index (χ3n) is 11.3. The molecule has 2 aliphatic carbocycles. The van der Waals surface area contributed by atoms with Crippen molar-refractivity contribution in [2.24, 2.45) is 23.7 Å². The first-order chi connectivity index (χ1) is 24.5. The van der Waals surface area contributed by atoms with Crippen LogP contribution in [0.3, 0.4) is 0 Å². The van der Waals surface area contributed by atoms with Crippen LogP contribution in [0.4, 0.5) is 0 Å². The van der Waals surface area contributed by atoms with Gasteiger partial charge in [-0.15, -0.1) is 0 Å². The highest BCUT2D eigenvalue weighted by Crippen LogP contribution is 2.36. The molecule has 0 saturated carbocycles. The van der Waals surface area contributed by atoms with Crippen molar-refractivity contribution in [3.05, 3.63) is 167 Å². The summed E-state index contributed by atoms with van der Waals surface area (Å²) in [5, 5.41) is 0. The second-order valence-corrected chi connectivity index (χ2v) is 14.6. The van der Waals surface area contributed by atoms with Gasteiger partial charge in [-0.05, 0) is 166 Å². The number of rotatable bonds is 20. The summed E-state index contributed by atoms with van der Waals surface area (Å²) in [5.41, 5.74) is 14.6. The van der Waals surface area contributed by atoms with E-state index in [1.165, 1.54) is 68.6 Å². The van der Waals surface area contributed by atoms with Crippen LogP contribution in [0.2, 0.25) is 0 Å². The van der Waals surface area contributed by atoms with Crippen molar-refractivity contribution in [3.63, 3.8) is 0 Å². The molecule has 2 aliphatic rings. The van der Waals surface area contributed by atoms with Crippen molar-refractivity contribution in [3.8, 4) is 0 Å². The van der Waals surface area contributed by atoms with Crippen LogP contribution in [0.25, 0.3) is 0 Å². The first kappa shape index (κ1) is 43.5. The Bertz CT molecular complexity index is 1530. The summed E-state index contributed by atoms with van der Waals surface area (Å²) in [5.74, 6) is 1.91. The minimum Gasteiger partial charge on any atom is -0.0988 e. The van der Waals surface area contributed by atoms with Crippen molar-refractivity contribution in [2.45, 2.75) is 127 Å². The molecule has 0 spiro atoms. The lowest BCUT2D eigenvalue weighted by Gasteiger charge is -2.28. The topological polar surface area (TPSA) is 0 Å². The van der Waals surface area contributed by atoms with Crippen LogP contribution in [0.15, 0.2) is 167 Å². The third kappa shape index (κ3) is 13.1. The van der Waals surface area contributed by atoms with Crippen molar-refractivity contribution < 1.29 is 0 Å². The summed E-state index contributed by atoms with van der Waals surface area (Å²) >= 11 is 0. The van der Waals surface area contributed by atoms with Gasteiger partial charge in [0.05, 0.1) is 0 Å².